The van der Waals surface area contributed by atoms with Crippen molar-refractivity contribution in [3.05, 3.63) is 29.6 Å². The van der Waals surface area contributed by atoms with Crippen LogP contribution >= 0.6 is 0 Å². The Morgan fingerprint density at radius 3 is 2.68 bits per heavy atom. The molecule has 0 aromatic heterocycles. The summed E-state index contributed by atoms with van der Waals surface area (Å²) < 4.78 is 44.7. The minimum atomic E-state index is -3.80. The Labute approximate surface area is 113 Å². The zero-order valence-electron chi connectivity index (χ0n) is 11.1. The number of benzene rings is 1. The van der Waals surface area contributed by atoms with Gasteiger partial charge in [-0.1, -0.05) is 6.07 Å². The van der Waals surface area contributed by atoms with E-state index in [1.54, 1.807) is 13.1 Å². The van der Waals surface area contributed by atoms with Crippen LogP contribution in [0.25, 0.3) is 0 Å². The molecule has 0 bridgehead atoms. The minimum absolute atomic E-state index is 0.216. The largest absolute Gasteiger partial charge is 0.385 e. The van der Waals surface area contributed by atoms with Crippen molar-refractivity contribution in [2.45, 2.75) is 17.9 Å². The summed E-state index contributed by atoms with van der Waals surface area (Å²) in [6.45, 7) is 1.15. The first kappa shape index (κ1) is 16.0. The van der Waals surface area contributed by atoms with E-state index in [2.05, 4.69) is 10.0 Å². The van der Waals surface area contributed by atoms with E-state index < -0.39 is 15.8 Å². The van der Waals surface area contributed by atoms with Gasteiger partial charge in [-0.15, -0.1) is 0 Å². The molecule has 1 rings (SSSR count). The molecule has 0 spiro atoms. The second kappa shape index (κ2) is 7.54. The molecule has 2 N–H and O–H groups in total. The lowest BCUT2D eigenvalue weighted by atomic mass is 10.2. The molecule has 5 nitrogen and oxygen atoms in total. The highest BCUT2D eigenvalue weighted by molar-refractivity contribution is 7.89. The smallest absolute Gasteiger partial charge is 0.243 e. The molecule has 0 fully saturated rings. The van der Waals surface area contributed by atoms with E-state index in [0.717, 1.165) is 0 Å². The predicted molar refractivity (Wildman–Crippen MR) is 70.8 cm³/mol. The number of hydrogen-bond acceptors (Lipinski definition) is 4. The van der Waals surface area contributed by atoms with Crippen molar-refractivity contribution in [3.8, 4) is 0 Å². The number of ether oxygens (including phenoxy) is 1. The van der Waals surface area contributed by atoms with Crippen molar-refractivity contribution in [3.63, 3.8) is 0 Å². The zero-order chi connectivity index (χ0) is 14.3. The normalized spacial score (nSPS) is 11.7. The fourth-order valence-corrected chi connectivity index (χ4v) is 2.71. The van der Waals surface area contributed by atoms with E-state index in [1.807, 2.05) is 0 Å². The molecule has 108 valence electrons. The molecule has 19 heavy (non-hydrogen) atoms. The van der Waals surface area contributed by atoms with Crippen molar-refractivity contribution >= 4 is 10.0 Å². The Kier molecular flexibility index (Phi) is 6.36. The van der Waals surface area contributed by atoms with Gasteiger partial charge in [0, 0.05) is 26.8 Å². The van der Waals surface area contributed by atoms with Crippen LogP contribution in [0.4, 0.5) is 4.39 Å². The number of nitrogens with one attached hydrogen (secondary N) is 2. The highest BCUT2D eigenvalue weighted by atomic mass is 32.2. The van der Waals surface area contributed by atoms with E-state index in [-0.39, 0.29) is 11.4 Å². The predicted octanol–water partition coefficient (Wildman–Crippen LogP) is 0.860. The average Bonchev–Trinajstić information content (AvgIpc) is 2.35. The fourth-order valence-electron chi connectivity index (χ4n) is 1.58. The molecule has 7 heteroatoms. The minimum Gasteiger partial charge on any atom is -0.385 e. The first-order chi connectivity index (χ1) is 9.01. The van der Waals surface area contributed by atoms with Gasteiger partial charge in [0.15, 0.2) is 0 Å². The zero-order valence-corrected chi connectivity index (χ0v) is 11.9. The van der Waals surface area contributed by atoms with E-state index in [0.29, 0.717) is 25.1 Å². The summed E-state index contributed by atoms with van der Waals surface area (Å²) in [4.78, 5) is -0.329. The van der Waals surface area contributed by atoms with Crippen LogP contribution in [0.3, 0.4) is 0 Å². The molecular formula is C12H19FN2O3S. The maximum Gasteiger partial charge on any atom is 0.243 e. The molecule has 0 saturated heterocycles. The summed E-state index contributed by atoms with van der Waals surface area (Å²) in [5.41, 5.74) is 0.693. The SMILES string of the molecule is CNCc1ccc(S(=O)(=O)NCCCOC)c(F)c1. The summed E-state index contributed by atoms with van der Waals surface area (Å²) in [6, 6.07) is 4.09. The molecule has 1 aromatic rings. The maximum absolute atomic E-state index is 13.8. The fraction of sp³-hybridized carbons (Fsp3) is 0.500. The highest BCUT2D eigenvalue weighted by Gasteiger charge is 2.18. The van der Waals surface area contributed by atoms with Gasteiger partial charge in [-0.2, -0.15) is 0 Å². The van der Waals surface area contributed by atoms with Crippen LogP contribution in [-0.4, -0.2) is 35.7 Å². The van der Waals surface area contributed by atoms with E-state index in [4.69, 9.17) is 4.74 Å². The first-order valence-electron chi connectivity index (χ1n) is 5.93. The van der Waals surface area contributed by atoms with Crippen molar-refractivity contribution in [2.75, 3.05) is 27.3 Å². The van der Waals surface area contributed by atoms with Crippen LogP contribution in [-0.2, 0) is 21.3 Å². The molecule has 0 aliphatic carbocycles. The van der Waals surface area contributed by atoms with Crippen LogP contribution in [0.5, 0.6) is 0 Å². The molecule has 0 aliphatic rings. The van der Waals surface area contributed by atoms with E-state index in [1.165, 1.54) is 19.2 Å². The van der Waals surface area contributed by atoms with Gasteiger partial charge in [-0.25, -0.2) is 17.5 Å². The lowest BCUT2D eigenvalue weighted by Crippen LogP contribution is -2.26. The number of halogens is 1. The third-order valence-corrected chi connectivity index (χ3v) is 3.98. The van der Waals surface area contributed by atoms with Crippen LogP contribution < -0.4 is 10.0 Å². The van der Waals surface area contributed by atoms with Crippen molar-refractivity contribution in [1.82, 2.24) is 10.0 Å². The molecule has 0 radical (unpaired) electrons. The molecule has 0 amide bonds. The molecular weight excluding hydrogens is 271 g/mol. The third-order valence-electron chi connectivity index (χ3n) is 2.48. The topological polar surface area (TPSA) is 67.4 Å². The molecule has 0 saturated carbocycles. The van der Waals surface area contributed by atoms with Crippen LogP contribution in [0.2, 0.25) is 0 Å². The lowest BCUT2D eigenvalue weighted by molar-refractivity contribution is 0.196. The van der Waals surface area contributed by atoms with Crippen LogP contribution in [0.15, 0.2) is 23.1 Å². The third kappa shape index (κ3) is 4.87. The summed E-state index contributed by atoms with van der Waals surface area (Å²) in [5.74, 6) is -0.744. The van der Waals surface area contributed by atoms with Crippen molar-refractivity contribution in [2.24, 2.45) is 0 Å². The molecule has 0 atom stereocenters. The van der Waals surface area contributed by atoms with Crippen molar-refractivity contribution in [1.29, 1.82) is 0 Å². The molecule has 0 unspecified atom stereocenters. The lowest BCUT2D eigenvalue weighted by Gasteiger charge is -2.09. The molecule has 1 aromatic carbocycles. The second-order valence-corrected chi connectivity index (χ2v) is 5.77. The van der Waals surface area contributed by atoms with Gasteiger partial charge < -0.3 is 10.1 Å². The monoisotopic (exact) mass is 290 g/mol. The van der Waals surface area contributed by atoms with Crippen LogP contribution in [0, 0.1) is 5.82 Å². The summed E-state index contributed by atoms with van der Waals surface area (Å²) in [6.07, 6.45) is 0.537. The molecule has 0 heterocycles. The Morgan fingerprint density at radius 2 is 2.11 bits per heavy atom. The standard InChI is InChI=1S/C12H19FN2O3S/c1-14-9-10-4-5-12(11(13)8-10)19(16,17)15-6-3-7-18-2/h4-5,8,14-15H,3,6-7,9H2,1-2H3. The van der Waals surface area contributed by atoms with Gasteiger partial charge in [-0.3, -0.25) is 0 Å². The number of sulfonamides is 1. The van der Waals surface area contributed by atoms with E-state index >= 15 is 0 Å². The number of rotatable bonds is 8. The van der Waals surface area contributed by atoms with Crippen molar-refractivity contribution < 1.29 is 17.5 Å². The Bertz CT molecular complexity index is 506. The Balaban J connectivity index is 2.77. The average molecular weight is 290 g/mol. The quantitative estimate of drug-likeness (QED) is 0.697. The number of hydrogen-bond donors (Lipinski definition) is 2. The van der Waals surface area contributed by atoms with Gasteiger partial charge in [0.25, 0.3) is 0 Å². The Hall–Kier alpha value is -1.02. The van der Waals surface area contributed by atoms with Gasteiger partial charge in [0.2, 0.25) is 10.0 Å². The first-order valence-corrected chi connectivity index (χ1v) is 7.41. The number of methoxy groups -OCH3 is 1. The van der Waals surface area contributed by atoms with E-state index in [9.17, 15) is 12.8 Å². The highest BCUT2D eigenvalue weighted by Crippen LogP contribution is 2.15. The Morgan fingerprint density at radius 1 is 1.37 bits per heavy atom. The second-order valence-electron chi connectivity index (χ2n) is 4.04. The summed E-state index contributed by atoms with van der Waals surface area (Å²) >= 11 is 0. The van der Waals surface area contributed by atoms with Gasteiger partial charge >= 0.3 is 0 Å². The summed E-state index contributed by atoms with van der Waals surface area (Å²) in [7, 11) is -0.532. The summed E-state index contributed by atoms with van der Waals surface area (Å²) in [5, 5.41) is 2.87. The van der Waals surface area contributed by atoms with Gasteiger partial charge in [0.05, 0.1) is 0 Å². The maximum atomic E-state index is 13.8. The van der Waals surface area contributed by atoms with Gasteiger partial charge in [0.1, 0.15) is 10.7 Å². The van der Waals surface area contributed by atoms with Gasteiger partial charge in [-0.05, 0) is 31.2 Å². The van der Waals surface area contributed by atoms with Crippen LogP contribution in [0.1, 0.15) is 12.0 Å². The molecule has 0 aliphatic heterocycles.